The van der Waals surface area contributed by atoms with Crippen LogP contribution in [0.5, 0.6) is 0 Å². The highest BCUT2D eigenvalue weighted by atomic mass is 16.1. The lowest BCUT2D eigenvalue weighted by atomic mass is 10.0. The molecule has 0 saturated carbocycles. The van der Waals surface area contributed by atoms with E-state index in [0.717, 1.165) is 18.3 Å². The van der Waals surface area contributed by atoms with Crippen LogP contribution in [0.3, 0.4) is 0 Å². The number of hydrogen-bond donors (Lipinski definition) is 0. The number of hydrogen-bond acceptors (Lipinski definition) is 1. The van der Waals surface area contributed by atoms with E-state index >= 15 is 0 Å². The Morgan fingerprint density at radius 3 is 1.50 bits per heavy atom. The first-order valence-corrected chi connectivity index (χ1v) is 8.93. The Balaban J connectivity index is 3.04. The molecule has 0 atom stereocenters. The highest BCUT2D eigenvalue weighted by Crippen LogP contribution is 2.13. The maximum atomic E-state index is 10.4. The van der Waals surface area contributed by atoms with Crippen molar-refractivity contribution in [3.63, 3.8) is 0 Å². The van der Waals surface area contributed by atoms with E-state index in [1.54, 1.807) is 0 Å². The summed E-state index contributed by atoms with van der Waals surface area (Å²) in [6.07, 6.45) is 22.2. The predicted octanol–water partition coefficient (Wildman–Crippen LogP) is 6.61. The minimum atomic E-state index is 0.879. The Labute approximate surface area is 127 Å². The third kappa shape index (κ3) is 15.5. The summed E-state index contributed by atoms with van der Waals surface area (Å²) in [6, 6.07) is 0. The summed E-state index contributed by atoms with van der Waals surface area (Å²) in [6.45, 7) is 4.16. The maximum Gasteiger partial charge on any atom is 0.145 e. The van der Waals surface area contributed by atoms with Crippen molar-refractivity contribution in [2.24, 2.45) is 0 Å². The van der Waals surface area contributed by atoms with Crippen LogP contribution in [-0.2, 0) is 4.79 Å². The number of carbonyl (C=O) groups is 1. The molecule has 1 heteroatoms. The standard InChI is InChI=1S/C19H36O/c1-3-4-5-6-7-8-9-10-11-12-13-14-15-16-17-19(2)18-20/h17-18H,3-16H2,1-2H3. The Morgan fingerprint density at radius 2 is 1.10 bits per heavy atom. The summed E-state index contributed by atoms with van der Waals surface area (Å²) in [4.78, 5) is 10.4. The predicted molar refractivity (Wildman–Crippen MR) is 90.1 cm³/mol. The summed E-state index contributed by atoms with van der Waals surface area (Å²) in [5, 5.41) is 0. The van der Waals surface area contributed by atoms with E-state index in [9.17, 15) is 4.79 Å². The van der Waals surface area contributed by atoms with E-state index in [-0.39, 0.29) is 0 Å². The first-order valence-electron chi connectivity index (χ1n) is 8.93. The van der Waals surface area contributed by atoms with Crippen molar-refractivity contribution < 1.29 is 4.79 Å². The SMILES string of the molecule is CCCCCCCCCCCCCCCC=C(C)C=O. The molecule has 0 unspecified atom stereocenters. The van der Waals surface area contributed by atoms with Crippen molar-refractivity contribution in [1.82, 2.24) is 0 Å². The Bertz CT molecular complexity index is 230. The van der Waals surface area contributed by atoms with E-state index in [2.05, 4.69) is 13.0 Å². The Kier molecular flexibility index (Phi) is 16.0. The van der Waals surface area contributed by atoms with Gasteiger partial charge in [0.15, 0.2) is 0 Å². The van der Waals surface area contributed by atoms with E-state index in [1.165, 1.54) is 83.5 Å². The van der Waals surface area contributed by atoms with Crippen LogP contribution in [0.15, 0.2) is 11.6 Å². The van der Waals surface area contributed by atoms with E-state index in [1.807, 2.05) is 6.92 Å². The number of aldehydes is 1. The van der Waals surface area contributed by atoms with Gasteiger partial charge in [0.25, 0.3) is 0 Å². The van der Waals surface area contributed by atoms with Crippen LogP contribution in [0, 0.1) is 0 Å². The van der Waals surface area contributed by atoms with Crippen molar-refractivity contribution in [2.75, 3.05) is 0 Å². The molecule has 0 fully saturated rings. The van der Waals surface area contributed by atoms with Gasteiger partial charge in [-0.25, -0.2) is 0 Å². The number of rotatable bonds is 15. The third-order valence-electron chi connectivity index (χ3n) is 3.96. The summed E-state index contributed by atoms with van der Waals surface area (Å²) in [5.74, 6) is 0. The number of unbranched alkanes of at least 4 members (excludes halogenated alkanes) is 13. The molecule has 0 saturated heterocycles. The van der Waals surface area contributed by atoms with Crippen LogP contribution in [0.4, 0.5) is 0 Å². The average Bonchev–Trinajstić information content (AvgIpc) is 2.47. The maximum absolute atomic E-state index is 10.4. The lowest BCUT2D eigenvalue weighted by molar-refractivity contribution is -0.104. The highest BCUT2D eigenvalue weighted by molar-refractivity contribution is 5.71. The Hall–Kier alpha value is -0.590. The molecule has 0 aromatic carbocycles. The van der Waals surface area contributed by atoms with Crippen LogP contribution in [0.1, 0.15) is 104 Å². The van der Waals surface area contributed by atoms with Crippen LogP contribution < -0.4 is 0 Å². The fourth-order valence-electron chi connectivity index (χ4n) is 2.54. The third-order valence-corrected chi connectivity index (χ3v) is 3.96. The zero-order chi connectivity index (χ0) is 14.9. The quantitative estimate of drug-likeness (QED) is 0.187. The molecule has 0 aliphatic rings. The molecule has 0 aliphatic carbocycles. The van der Waals surface area contributed by atoms with Gasteiger partial charge in [-0.1, -0.05) is 90.0 Å². The molecule has 0 aromatic heterocycles. The zero-order valence-electron chi connectivity index (χ0n) is 14.0. The molecule has 118 valence electrons. The van der Waals surface area contributed by atoms with Gasteiger partial charge in [0.2, 0.25) is 0 Å². The van der Waals surface area contributed by atoms with E-state index in [4.69, 9.17) is 0 Å². The van der Waals surface area contributed by atoms with Gasteiger partial charge in [-0.15, -0.1) is 0 Å². The fraction of sp³-hybridized carbons (Fsp3) is 0.842. The second-order valence-corrected chi connectivity index (χ2v) is 6.10. The molecular weight excluding hydrogens is 244 g/mol. The number of carbonyl (C=O) groups excluding carboxylic acids is 1. The van der Waals surface area contributed by atoms with E-state index < -0.39 is 0 Å². The minimum Gasteiger partial charge on any atom is -0.298 e. The lowest BCUT2D eigenvalue weighted by Gasteiger charge is -2.02. The molecule has 0 rings (SSSR count). The van der Waals surface area contributed by atoms with Gasteiger partial charge >= 0.3 is 0 Å². The van der Waals surface area contributed by atoms with Crippen molar-refractivity contribution in [1.29, 1.82) is 0 Å². The number of allylic oxidation sites excluding steroid dienone is 2. The second kappa shape index (κ2) is 16.5. The van der Waals surface area contributed by atoms with Gasteiger partial charge in [0.1, 0.15) is 6.29 Å². The van der Waals surface area contributed by atoms with Crippen molar-refractivity contribution >= 4 is 6.29 Å². The summed E-state index contributed by atoms with van der Waals surface area (Å²) in [7, 11) is 0. The molecule has 0 radical (unpaired) electrons. The van der Waals surface area contributed by atoms with Crippen LogP contribution >= 0.6 is 0 Å². The molecule has 0 amide bonds. The largest absolute Gasteiger partial charge is 0.298 e. The van der Waals surface area contributed by atoms with Gasteiger partial charge in [0, 0.05) is 0 Å². The van der Waals surface area contributed by atoms with Crippen molar-refractivity contribution in [3.8, 4) is 0 Å². The smallest absolute Gasteiger partial charge is 0.145 e. The summed E-state index contributed by atoms with van der Waals surface area (Å²) in [5.41, 5.74) is 0.879. The molecule has 0 heterocycles. The molecular formula is C19H36O. The van der Waals surface area contributed by atoms with E-state index in [0.29, 0.717) is 0 Å². The van der Waals surface area contributed by atoms with Crippen LogP contribution in [-0.4, -0.2) is 6.29 Å². The van der Waals surface area contributed by atoms with Crippen LogP contribution in [0.2, 0.25) is 0 Å². The highest BCUT2D eigenvalue weighted by Gasteiger charge is 1.93. The molecule has 1 nitrogen and oxygen atoms in total. The topological polar surface area (TPSA) is 17.1 Å². The molecule has 0 spiro atoms. The summed E-state index contributed by atoms with van der Waals surface area (Å²) < 4.78 is 0. The monoisotopic (exact) mass is 280 g/mol. The van der Waals surface area contributed by atoms with Crippen LogP contribution in [0.25, 0.3) is 0 Å². The van der Waals surface area contributed by atoms with Gasteiger partial charge in [-0.3, -0.25) is 4.79 Å². The zero-order valence-corrected chi connectivity index (χ0v) is 14.0. The Morgan fingerprint density at radius 1 is 0.700 bits per heavy atom. The summed E-state index contributed by atoms with van der Waals surface area (Å²) >= 11 is 0. The van der Waals surface area contributed by atoms with Crippen molar-refractivity contribution in [2.45, 2.75) is 104 Å². The minimum absolute atomic E-state index is 0.879. The first kappa shape index (κ1) is 19.4. The lowest BCUT2D eigenvalue weighted by Crippen LogP contribution is -1.83. The average molecular weight is 280 g/mol. The van der Waals surface area contributed by atoms with Gasteiger partial charge in [-0.2, -0.15) is 0 Å². The fourth-order valence-corrected chi connectivity index (χ4v) is 2.54. The first-order chi connectivity index (χ1) is 9.81. The van der Waals surface area contributed by atoms with Gasteiger partial charge < -0.3 is 0 Å². The molecule has 0 N–H and O–H groups in total. The molecule has 0 aromatic rings. The second-order valence-electron chi connectivity index (χ2n) is 6.10. The van der Waals surface area contributed by atoms with Gasteiger partial charge in [0.05, 0.1) is 0 Å². The van der Waals surface area contributed by atoms with Gasteiger partial charge in [-0.05, 0) is 25.3 Å². The molecule has 0 aliphatic heterocycles. The normalized spacial score (nSPS) is 11.8. The molecule has 20 heavy (non-hydrogen) atoms. The molecule has 0 bridgehead atoms. The van der Waals surface area contributed by atoms with Crippen molar-refractivity contribution in [3.05, 3.63) is 11.6 Å².